The molecule has 180 valence electrons. The predicted molar refractivity (Wildman–Crippen MR) is 133 cm³/mol. The van der Waals surface area contributed by atoms with E-state index in [1.54, 1.807) is 43.3 Å². The lowest BCUT2D eigenvalue weighted by molar-refractivity contribution is -0.115. The fraction of sp³-hybridized carbons (Fsp3) is 0.208. The molecule has 3 aromatic carbocycles. The third kappa shape index (κ3) is 6.19. The van der Waals surface area contributed by atoms with Crippen molar-refractivity contribution in [3.8, 4) is 11.5 Å². The van der Waals surface area contributed by atoms with Crippen molar-refractivity contribution in [1.29, 1.82) is 0 Å². The monoisotopic (exact) mass is 503 g/mol. The average molecular weight is 504 g/mol. The van der Waals surface area contributed by atoms with Gasteiger partial charge in [-0.25, -0.2) is 8.42 Å². The Kier molecular flexibility index (Phi) is 8.38. The molecule has 0 fully saturated rings. The Morgan fingerprint density at radius 3 is 2.41 bits per heavy atom. The third-order valence-corrected chi connectivity index (χ3v) is 7.41. The first-order valence-corrected chi connectivity index (χ1v) is 12.4. The normalized spacial score (nSPS) is 11.2. The van der Waals surface area contributed by atoms with Gasteiger partial charge in [0.15, 0.2) is 11.5 Å². The lowest BCUT2D eigenvalue weighted by Gasteiger charge is -2.23. The van der Waals surface area contributed by atoms with E-state index in [9.17, 15) is 23.4 Å². The molecule has 10 heteroatoms. The summed E-state index contributed by atoms with van der Waals surface area (Å²) < 4.78 is 27.8. The number of amides is 1. The number of hydrogen-bond acceptors (Lipinski definition) is 6. The molecule has 0 aliphatic rings. The Bertz CT molecular complexity index is 1250. The van der Waals surface area contributed by atoms with Crippen molar-refractivity contribution in [1.82, 2.24) is 5.32 Å². The van der Waals surface area contributed by atoms with E-state index >= 15 is 0 Å². The summed E-state index contributed by atoms with van der Waals surface area (Å²) in [4.78, 5) is 12.2. The number of benzene rings is 3. The number of hydrogen-bond donors (Lipinski definition) is 4. The van der Waals surface area contributed by atoms with Gasteiger partial charge in [0.05, 0.1) is 17.3 Å². The number of nitrogens with zero attached hydrogens (tertiary/aromatic N) is 1. The van der Waals surface area contributed by atoms with E-state index in [-0.39, 0.29) is 40.4 Å². The Morgan fingerprint density at radius 1 is 1.00 bits per heavy atom. The van der Waals surface area contributed by atoms with Crippen LogP contribution in [0.1, 0.15) is 12.5 Å². The van der Waals surface area contributed by atoms with Crippen molar-refractivity contribution in [3.05, 3.63) is 77.3 Å². The number of phenolic OH excluding ortho intramolecular Hbond substituents is 2. The fourth-order valence-corrected chi connectivity index (χ4v) is 5.32. The Balaban J connectivity index is 1.63. The SMILES string of the molecule is CCN(c1ccccc1)S(=O)(=O)c1cc(NC(=O)CNCCc2ccc(O)c(O)c2)ccc1Cl. The smallest absolute Gasteiger partial charge is 0.265 e. The highest BCUT2D eigenvalue weighted by atomic mass is 35.5. The zero-order valence-corrected chi connectivity index (χ0v) is 20.1. The number of carbonyl (C=O) groups excluding carboxylic acids is 1. The molecule has 0 unspecified atom stereocenters. The summed E-state index contributed by atoms with van der Waals surface area (Å²) in [5.74, 6) is -0.737. The molecule has 0 aliphatic heterocycles. The molecule has 0 bridgehead atoms. The van der Waals surface area contributed by atoms with Gasteiger partial charge < -0.3 is 20.8 Å². The van der Waals surface area contributed by atoms with E-state index in [0.29, 0.717) is 24.3 Å². The van der Waals surface area contributed by atoms with E-state index in [1.165, 1.54) is 34.6 Å². The highest BCUT2D eigenvalue weighted by Gasteiger charge is 2.26. The Labute approximate surface area is 203 Å². The molecular weight excluding hydrogens is 478 g/mol. The molecule has 34 heavy (non-hydrogen) atoms. The molecular formula is C24H26ClN3O5S. The van der Waals surface area contributed by atoms with Gasteiger partial charge in [0, 0.05) is 12.2 Å². The zero-order chi connectivity index (χ0) is 24.7. The van der Waals surface area contributed by atoms with E-state index in [0.717, 1.165) is 5.56 Å². The molecule has 0 saturated heterocycles. The van der Waals surface area contributed by atoms with Crippen molar-refractivity contribution < 1.29 is 23.4 Å². The zero-order valence-electron chi connectivity index (χ0n) is 18.5. The van der Waals surface area contributed by atoms with Gasteiger partial charge in [-0.3, -0.25) is 9.10 Å². The van der Waals surface area contributed by atoms with Gasteiger partial charge in [0.25, 0.3) is 10.0 Å². The van der Waals surface area contributed by atoms with Crippen LogP contribution in [0.15, 0.2) is 71.6 Å². The first-order chi connectivity index (χ1) is 16.2. The molecule has 0 aromatic heterocycles. The number of sulfonamides is 1. The van der Waals surface area contributed by atoms with Crippen molar-refractivity contribution in [3.63, 3.8) is 0 Å². The summed E-state index contributed by atoms with van der Waals surface area (Å²) in [5.41, 5.74) is 1.62. The van der Waals surface area contributed by atoms with E-state index in [2.05, 4.69) is 10.6 Å². The molecule has 4 N–H and O–H groups in total. The molecule has 3 rings (SSSR count). The number of para-hydroxylation sites is 1. The lowest BCUT2D eigenvalue weighted by atomic mass is 10.1. The Hall–Kier alpha value is -3.27. The predicted octanol–water partition coefficient (Wildman–Crippen LogP) is 3.74. The highest BCUT2D eigenvalue weighted by Crippen LogP contribution is 2.30. The summed E-state index contributed by atoms with van der Waals surface area (Å²) in [7, 11) is -3.96. The van der Waals surface area contributed by atoms with Crippen LogP contribution in [-0.4, -0.2) is 44.2 Å². The maximum absolute atomic E-state index is 13.3. The molecule has 0 atom stereocenters. The minimum absolute atomic E-state index is 0.000123. The van der Waals surface area contributed by atoms with Gasteiger partial charge in [-0.05, 0) is 67.9 Å². The number of anilines is 2. The first-order valence-electron chi connectivity index (χ1n) is 10.6. The molecule has 3 aromatic rings. The number of nitrogens with one attached hydrogen (secondary N) is 2. The second-order valence-electron chi connectivity index (χ2n) is 7.45. The topological polar surface area (TPSA) is 119 Å². The van der Waals surface area contributed by atoms with E-state index in [4.69, 9.17) is 11.6 Å². The largest absolute Gasteiger partial charge is 0.504 e. The van der Waals surface area contributed by atoms with Crippen LogP contribution >= 0.6 is 11.6 Å². The van der Waals surface area contributed by atoms with Gasteiger partial charge in [-0.1, -0.05) is 35.9 Å². The molecule has 0 saturated carbocycles. The number of aromatic hydroxyl groups is 2. The summed E-state index contributed by atoms with van der Waals surface area (Å²) >= 11 is 6.22. The van der Waals surface area contributed by atoms with Crippen molar-refractivity contribution in [2.75, 3.05) is 29.3 Å². The van der Waals surface area contributed by atoms with Gasteiger partial charge in [0.1, 0.15) is 4.90 Å². The van der Waals surface area contributed by atoms with Crippen LogP contribution in [0.2, 0.25) is 5.02 Å². The molecule has 0 aliphatic carbocycles. The lowest BCUT2D eigenvalue weighted by Crippen LogP contribution is -2.31. The van der Waals surface area contributed by atoms with Crippen LogP contribution in [-0.2, 0) is 21.2 Å². The van der Waals surface area contributed by atoms with Crippen LogP contribution in [0, 0.1) is 0 Å². The minimum atomic E-state index is -3.96. The van der Waals surface area contributed by atoms with Crippen LogP contribution in [0.25, 0.3) is 0 Å². The molecule has 0 radical (unpaired) electrons. The van der Waals surface area contributed by atoms with Gasteiger partial charge in [-0.2, -0.15) is 0 Å². The number of rotatable bonds is 10. The van der Waals surface area contributed by atoms with Gasteiger partial charge in [-0.15, -0.1) is 0 Å². The quantitative estimate of drug-likeness (QED) is 0.247. The first kappa shape index (κ1) is 25.4. The minimum Gasteiger partial charge on any atom is -0.504 e. The molecule has 0 spiro atoms. The van der Waals surface area contributed by atoms with Gasteiger partial charge >= 0.3 is 0 Å². The van der Waals surface area contributed by atoms with E-state index in [1.807, 2.05) is 0 Å². The van der Waals surface area contributed by atoms with Crippen LogP contribution in [0.5, 0.6) is 11.5 Å². The second kappa shape index (κ2) is 11.2. The van der Waals surface area contributed by atoms with Crippen LogP contribution in [0.4, 0.5) is 11.4 Å². The second-order valence-corrected chi connectivity index (χ2v) is 9.69. The summed E-state index contributed by atoms with van der Waals surface area (Å²) in [5, 5.41) is 24.6. The van der Waals surface area contributed by atoms with Crippen molar-refractivity contribution >= 4 is 38.9 Å². The maximum atomic E-state index is 13.3. The van der Waals surface area contributed by atoms with Gasteiger partial charge in [0.2, 0.25) is 5.91 Å². The summed E-state index contributed by atoms with van der Waals surface area (Å²) in [6, 6.07) is 17.6. The number of halogens is 1. The molecule has 8 nitrogen and oxygen atoms in total. The summed E-state index contributed by atoms with van der Waals surface area (Å²) in [6.45, 7) is 2.40. The van der Waals surface area contributed by atoms with Crippen molar-refractivity contribution in [2.24, 2.45) is 0 Å². The Morgan fingerprint density at radius 2 is 1.74 bits per heavy atom. The standard InChI is InChI=1S/C24H26ClN3O5S/c1-2-28(19-6-4-3-5-7-19)34(32,33)23-15-18(9-10-20(23)25)27-24(31)16-26-13-12-17-8-11-21(29)22(30)14-17/h3-11,14-15,26,29-30H,2,12-13,16H2,1H3,(H,27,31). The number of carbonyl (C=O) groups is 1. The fourth-order valence-electron chi connectivity index (χ4n) is 3.35. The van der Waals surface area contributed by atoms with E-state index < -0.39 is 10.0 Å². The average Bonchev–Trinajstić information content (AvgIpc) is 2.81. The highest BCUT2D eigenvalue weighted by molar-refractivity contribution is 7.93. The third-order valence-electron chi connectivity index (χ3n) is 5.03. The maximum Gasteiger partial charge on any atom is 0.265 e. The van der Waals surface area contributed by atoms with Crippen LogP contribution < -0.4 is 14.9 Å². The van der Waals surface area contributed by atoms with Crippen molar-refractivity contribution in [2.45, 2.75) is 18.2 Å². The summed E-state index contributed by atoms with van der Waals surface area (Å²) in [6.07, 6.45) is 0.538. The molecule has 0 heterocycles. The van der Waals surface area contributed by atoms with Crippen LogP contribution in [0.3, 0.4) is 0 Å². The molecule has 1 amide bonds. The number of phenols is 2.